The van der Waals surface area contributed by atoms with Crippen LogP contribution in [0.15, 0.2) is 12.2 Å². The van der Waals surface area contributed by atoms with Gasteiger partial charge < -0.3 is 20.1 Å². The maximum Gasteiger partial charge on any atom is 0.472 e. The van der Waals surface area contributed by atoms with Crippen molar-refractivity contribution in [1.82, 2.24) is 0 Å². The lowest BCUT2D eigenvalue weighted by molar-refractivity contribution is -0.161. The van der Waals surface area contributed by atoms with E-state index >= 15 is 0 Å². The third kappa shape index (κ3) is 75.8. The molecule has 10 heteroatoms. The maximum absolute atomic E-state index is 12.8. The Kier molecular flexibility index (Phi) is 75.7. The molecule has 9 nitrogen and oxygen atoms in total. The van der Waals surface area contributed by atoms with Crippen molar-refractivity contribution in [1.29, 1.82) is 0 Å². The maximum atomic E-state index is 12.8. The first-order valence-corrected chi connectivity index (χ1v) is 42.2. The van der Waals surface area contributed by atoms with Gasteiger partial charge in [0.25, 0.3) is 0 Å². The van der Waals surface area contributed by atoms with Gasteiger partial charge in [-0.25, -0.2) is 4.57 Å². The molecule has 0 radical (unpaired) electrons. The molecule has 0 aliphatic heterocycles. The van der Waals surface area contributed by atoms with Crippen molar-refractivity contribution in [2.75, 3.05) is 26.4 Å². The SMILES string of the molecule is CCCCCCCCCC/C=C\CCCCCCCCCCCCCCCCCCCCCC(=O)OC(COC(=O)CCCCCCCCCCCCCCCCCCCCCCCCCCCCCCCCCCCCCCCC)COP(=O)(O)OCCN. The Balaban J connectivity index is 3.72. The molecule has 0 aliphatic carbocycles. The molecule has 0 bridgehead atoms. The van der Waals surface area contributed by atoms with Gasteiger partial charge in [0.05, 0.1) is 13.2 Å². The van der Waals surface area contributed by atoms with Gasteiger partial charge in [0.2, 0.25) is 0 Å². The Bertz CT molecular complexity index is 1480. The van der Waals surface area contributed by atoms with Crippen molar-refractivity contribution < 1.29 is 37.6 Å². The van der Waals surface area contributed by atoms with E-state index in [2.05, 4.69) is 26.0 Å². The number of allylic oxidation sites excluding steroid dienone is 2. The number of rotatable bonds is 79. The lowest BCUT2D eigenvalue weighted by Gasteiger charge is -2.19. The smallest absolute Gasteiger partial charge is 0.462 e. The monoisotopic (exact) mass is 1290 g/mol. The van der Waals surface area contributed by atoms with Crippen LogP contribution < -0.4 is 5.73 Å². The second kappa shape index (κ2) is 76.8. The zero-order valence-corrected chi connectivity index (χ0v) is 61.6. The molecule has 0 aromatic heterocycles. The van der Waals surface area contributed by atoms with Crippen molar-refractivity contribution in [3.63, 3.8) is 0 Å². The van der Waals surface area contributed by atoms with E-state index in [0.29, 0.717) is 6.42 Å². The van der Waals surface area contributed by atoms with Gasteiger partial charge >= 0.3 is 19.8 Å². The fourth-order valence-electron chi connectivity index (χ4n) is 12.9. The average Bonchev–Trinajstić information content (AvgIpc) is 3.75. The van der Waals surface area contributed by atoms with Crippen molar-refractivity contribution in [3.05, 3.63) is 12.2 Å². The molecule has 0 fully saturated rings. The number of ether oxygens (including phenoxy) is 2. The van der Waals surface area contributed by atoms with Crippen LogP contribution in [0.5, 0.6) is 0 Å². The molecular weight excluding hydrogens is 1130 g/mol. The Hall–Kier alpha value is -1.25. The highest BCUT2D eigenvalue weighted by Gasteiger charge is 2.26. The Morgan fingerprint density at radius 1 is 0.322 bits per heavy atom. The minimum absolute atomic E-state index is 0.0580. The summed E-state index contributed by atoms with van der Waals surface area (Å²) < 4.78 is 33.3. The topological polar surface area (TPSA) is 134 Å². The molecule has 0 aromatic carbocycles. The molecule has 2 atom stereocenters. The van der Waals surface area contributed by atoms with Gasteiger partial charge in [0, 0.05) is 19.4 Å². The van der Waals surface area contributed by atoms with Gasteiger partial charge in [-0.2, -0.15) is 0 Å². The van der Waals surface area contributed by atoms with E-state index in [1.165, 1.54) is 392 Å². The molecule has 0 aromatic rings. The van der Waals surface area contributed by atoms with E-state index in [1.807, 2.05) is 0 Å². The number of hydrogen-bond donors (Lipinski definition) is 2. The van der Waals surface area contributed by atoms with E-state index < -0.39 is 26.5 Å². The van der Waals surface area contributed by atoms with Crippen molar-refractivity contribution in [2.45, 2.75) is 463 Å². The van der Waals surface area contributed by atoms with Gasteiger partial charge in [0.15, 0.2) is 6.10 Å². The van der Waals surface area contributed by atoms with E-state index in [1.54, 1.807) is 0 Å². The first-order valence-electron chi connectivity index (χ1n) is 40.7. The summed E-state index contributed by atoms with van der Waals surface area (Å²) >= 11 is 0. The number of unbranched alkanes of at least 4 members (excludes halogenated alkanes) is 64. The number of carbonyl (C=O) groups excluding carboxylic acids is 2. The number of hydrogen-bond acceptors (Lipinski definition) is 8. The summed E-state index contributed by atoms with van der Waals surface area (Å²) in [6, 6.07) is 0. The zero-order valence-electron chi connectivity index (χ0n) is 60.7. The van der Waals surface area contributed by atoms with Crippen LogP contribution in [0.3, 0.4) is 0 Å². The highest BCUT2D eigenvalue weighted by atomic mass is 31.2. The third-order valence-electron chi connectivity index (χ3n) is 18.9. The molecule has 0 heterocycles. The Morgan fingerprint density at radius 3 is 0.789 bits per heavy atom. The van der Waals surface area contributed by atoms with Crippen LogP contribution in [0.25, 0.3) is 0 Å². The van der Waals surface area contributed by atoms with E-state index in [0.717, 1.165) is 32.1 Å². The molecule has 2 unspecified atom stereocenters. The summed E-state index contributed by atoms with van der Waals surface area (Å²) in [6.45, 7) is 3.85. The van der Waals surface area contributed by atoms with Crippen LogP contribution in [0, 0.1) is 0 Å². The van der Waals surface area contributed by atoms with Crippen LogP contribution in [-0.2, 0) is 32.7 Å². The highest BCUT2D eigenvalue weighted by molar-refractivity contribution is 7.47. The molecule has 0 saturated heterocycles. The Morgan fingerprint density at radius 2 is 0.544 bits per heavy atom. The summed E-state index contributed by atoms with van der Waals surface area (Å²) in [5.41, 5.74) is 5.42. The fourth-order valence-corrected chi connectivity index (χ4v) is 13.6. The molecule has 0 rings (SSSR count). The minimum Gasteiger partial charge on any atom is -0.462 e. The van der Waals surface area contributed by atoms with Crippen LogP contribution in [-0.4, -0.2) is 49.3 Å². The van der Waals surface area contributed by atoms with E-state index in [9.17, 15) is 19.0 Å². The molecule has 536 valence electrons. The highest BCUT2D eigenvalue weighted by Crippen LogP contribution is 2.43. The molecule has 0 spiro atoms. The summed E-state index contributed by atoms with van der Waals surface area (Å²) in [5, 5.41) is 0. The van der Waals surface area contributed by atoms with Crippen LogP contribution in [0.1, 0.15) is 457 Å². The molecule has 0 aliphatic rings. The standard InChI is InChI=1S/C80H158NO8P/c1-3-5-7-9-11-13-15-17-19-21-23-25-27-29-31-33-35-36-37-38-39-40-41-43-44-46-48-50-52-54-56-58-60-62-64-66-68-70-72-79(82)86-76-78(77-88-90(84,85)87-75-74-81)89-80(83)73-71-69-67-65-63-61-59-57-55-53-51-49-47-45-42-34-32-30-28-26-24-22-20-18-16-14-12-10-8-6-4-2/h22,24,78H,3-21,23,25-77,81H2,1-2H3,(H,84,85)/b24-22-. The van der Waals surface area contributed by atoms with Gasteiger partial charge in [0.1, 0.15) is 6.61 Å². The van der Waals surface area contributed by atoms with Crippen LogP contribution >= 0.6 is 7.82 Å². The van der Waals surface area contributed by atoms with Gasteiger partial charge in [-0.1, -0.05) is 418 Å². The number of carbonyl (C=O) groups is 2. The normalized spacial score (nSPS) is 12.8. The summed E-state index contributed by atoms with van der Waals surface area (Å²) in [5.74, 6) is -0.797. The van der Waals surface area contributed by atoms with Gasteiger partial charge in [-0.3, -0.25) is 18.6 Å². The van der Waals surface area contributed by atoms with E-state index in [4.69, 9.17) is 24.3 Å². The fraction of sp³-hybridized carbons (Fsp3) is 0.950. The van der Waals surface area contributed by atoms with Crippen molar-refractivity contribution in [2.24, 2.45) is 5.73 Å². The predicted molar refractivity (Wildman–Crippen MR) is 391 cm³/mol. The van der Waals surface area contributed by atoms with Crippen LogP contribution in [0.2, 0.25) is 0 Å². The lowest BCUT2D eigenvalue weighted by Crippen LogP contribution is -2.29. The van der Waals surface area contributed by atoms with Crippen molar-refractivity contribution >= 4 is 19.8 Å². The summed E-state index contributed by atoms with van der Waals surface area (Å²) in [6.07, 6.45) is 95.2. The third-order valence-corrected chi connectivity index (χ3v) is 19.9. The lowest BCUT2D eigenvalue weighted by atomic mass is 10.0. The number of phosphoric acid groups is 1. The molecule has 3 N–H and O–H groups in total. The molecule has 0 amide bonds. The second-order valence-corrected chi connectivity index (χ2v) is 29.5. The average molecular weight is 1290 g/mol. The first-order chi connectivity index (χ1) is 44.3. The van der Waals surface area contributed by atoms with Crippen LogP contribution in [0.4, 0.5) is 0 Å². The van der Waals surface area contributed by atoms with Gasteiger partial charge in [-0.05, 0) is 38.5 Å². The predicted octanol–water partition coefficient (Wildman–Crippen LogP) is 27.0. The number of phosphoric ester groups is 1. The van der Waals surface area contributed by atoms with Gasteiger partial charge in [-0.15, -0.1) is 0 Å². The van der Waals surface area contributed by atoms with Crippen molar-refractivity contribution in [3.8, 4) is 0 Å². The van der Waals surface area contributed by atoms with E-state index in [-0.39, 0.29) is 38.6 Å². The molecular formula is C80H158NO8P. The summed E-state index contributed by atoms with van der Waals surface area (Å²) in [7, 11) is -4.39. The largest absolute Gasteiger partial charge is 0.472 e. The first kappa shape index (κ1) is 88.8. The quantitative estimate of drug-likeness (QED) is 0.0264. The molecule has 0 saturated carbocycles. The number of esters is 2. The number of nitrogens with two attached hydrogens (primary N) is 1. The molecule has 90 heavy (non-hydrogen) atoms. The summed E-state index contributed by atoms with van der Waals surface area (Å²) in [4.78, 5) is 35.5. The zero-order chi connectivity index (χ0) is 65.1. The minimum atomic E-state index is -4.39. The Labute approximate surface area is 561 Å². The second-order valence-electron chi connectivity index (χ2n) is 28.0.